The molecule has 0 bridgehead atoms. The Kier molecular flexibility index (Phi) is 5.41. The third-order valence-corrected chi connectivity index (χ3v) is 4.76. The summed E-state index contributed by atoms with van der Waals surface area (Å²) in [6.45, 7) is 3.47. The molecule has 0 spiro atoms. The van der Waals surface area contributed by atoms with Gasteiger partial charge >= 0.3 is 0 Å². The molecule has 0 aliphatic heterocycles. The average molecular weight is 329 g/mol. The van der Waals surface area contributed by atoms with Gasteiger partial charge in [-0.05, 0) is 36.4 Å². The molecule has 0 aliphatic carbocycles. The number of rotatable bonds is 7. The highest BCUT2D eigenvalue weighted by molar-refractivity contribution is 7.89. The number of nitrogens with one attached hydrogen (secondary N) is 2. The second kappa shape index (κ2) is 7.09. The van der Waals surface area contributed by atoms with Crippen molar-refractivity contribution in [1.29, 1.82) is 0 Å². The SMILES string of the molecule is CCNCc1ccc(Cl)c(S(=O)(=O)NCc2ccco2)c1. The van der Waals surface area contributed by atoms with E-state index in [0.717, 1.165) is 12.1 Å². The Hall–Kier alpha value is -1.34. The molecule has 2 N–H and O–H groups in total. The topological polar surface area (TPSA) is 71.3 Å². The van der Waals surface area contributed by atoms with Crippen molar-refractivity contribution < 1.29 is 12.8 Å². The van der Waals surface area contributed by atoms with Gasteiger partial charge in [-0.2, -0.15) is 0 Å². The first-order chi connectivity index (χ1) is 10.0. The van der Waals surface area contributed by atoms with Crippen LogP contribution in [0.4, 0.5) is 0 Å². The first-order valence-electron chi connectivity index (χ1n) is 6.54. The Balaban J connectivity index is 2.17. The molecule has 2 aromatic rings. The minimum Gasteiger partial charge on any atom is -0.468 e. The summed E-state index contributed by atoms with van der Waals surface area (Å²) in [5.41, 5.74) is 0.861. The van der Waals surface area contributed by atoms with Crippen molar-refractivity contribution in [2.45, 2.75) is 24.9 Å². The van der Waals surface area contributed by atoms with Gasteiger partial charge in [-0.15, -0.1) is 0 Å². The molecule has 2 rings (SSSR count). The van der Waals surface area contributed by atoms with Gasteiger partial charge < -0.3 is 9.73 Å². The number of benzene rings is 1. The number of hydrogen-bond donors (Lipinski definition) is 2. The van der Waals surface area contributed by atoms with Crippen molar-refractivity contribution >= 4 is 21.6 Å². The van der Waals surface area contributed by atoms with Crippen molar-refractivity contribution in [3.8, 4) is 0 Å². The van der Waals surface area contributed by atoms with Crippen LogP contribution in [-0.2, 0) is 23.1 Å². The number of furan rings is 1. The second-order valence-electron chi connectivity index (χ2n) is 4.45. The smallest absolute Gasteiger partial charge is 0.242 e. The summed E-state index contributed by atoms with van der Waals surface area (Å²) in [5.74, 6) is 0.540. The van der Waals surface area contributed by atoms with Crippen molar-refractivity contribution in [1.82, 2.24) is 10.0 Å². The molecule has 114 valence electrons. The van der Waals surface area contributed by atoms with Crippen LogP contribution in [0.5, 0.6) is 0 Å². The standard InChI is InChI=1S/C14H17ClN2O3S/c1-2-16-9-11-5-6-13(15)14(8-11)21(18,19)17-10-12-4-3-7-20-12/h3-8,16-17H,2,9-10H2,1H3. The highest BCUT2D eigenvalue weighted by atomic mass is 35.5. The van der Waals surface area contributed by atoms with Gasteiger partial charge in [0.15, 0.2) is 0 Å². The Morgan fingerprint density at radius 3 is 2.71 bits per heavy atom. The van der Waals surface area contributed by atoms with Crippen LogP contribution in [0.25, 0.3) is 0 Å². The first-order valence-corrected chi connectivity index (χ1v) is 8.40. The van der Waals surface area contributed by atoms with Gasteiger partial charge in [-0.25, -0.2) is 13.1 Å². The van der Waals surface area contributed by atoms with E-state index in [-0.39, 0.29) is 16.5 Å². The summed E-state index contributed by atoms with van der Waals surface area (Å²) < 4.78 is 32.2. The molecule has 0 saturated carbocycles. The Labute approximate surface area is 129 Å². The van der Waals surface area contributed by atoms with Crippen LogP contribution < -0.4 is 10.0 Å². The van der Waals surface area contributed by atoms with Crippen LogP contribution in [0, 0.1) is 0 Å². The number of hydrogen-bond acceptors (Lipinski definition) is 4. The van der Waals surface area contributed by atoms with E-state index in [2.05, 4.69) is 10.0 Å². The van der Waals surface area contributed by atoms with Crippen LogP contribution in [0.15, 0.2) is 45.9 Å². The lowest BCUT2D eigenvalue weighted by Gasteiger charge is -2.10. The summed E-state index contributed by atoms with van der Waals surface area (Å²) in [5, 5.41) is 3.34. The van der Waals surface area contributed by atoms with E-state index >= 15 is 0 Å². The molecular weight excluding hydrogens is 312 g/mol. The van der Waals surface area contributed by atoms with E-state index in [9.17, 15) is 8.42 Å². The van der Waals surface area contributed by atoms with Gasteiger partial charge in [0, 0.05) is 6.54 Å². The lowest BCUT2D eigenvalue weighted by atomic mass is 10.2. The molecule has 0 fully saturated rings. The molecule has 0 amide bonds. The normalized spacial score (nSPS) is 11.7. The van der Waals surface area contributed by atoms with E-state index in [1.54, 1.807) is 30.3 Å². The van der Waals surface area contributed by atoms with Crippen molar-refractivity contribution in [3.63, 3.8) is 0 Å². The Morgan fingerprint density at radius 1 is 1.24 bits per heavy atom. The zero-order valence-corrected chi connectivity index (χ0v) is 13.2. The second-order valence-corrected chi connectivity index (χ2v) is 6.59. The van der Waals surface area contributed by atoms with Crippen molar-refractivity contribution in [2.75, 3.05) is 6.54 Å². The zero-order valence-electron chi connectivity index (χ0n) is 11.6. The van der Waals surface area contributed by atoms with Crippen LogP contribution >= 0.6 is 11.6 Å². The van der Waals surface area contributed by atoms with E-state index in [1.807, 2.05) is 6.92 Å². The predicted molar refractivity (Wildman–Crippen MR) is 81.6 cm³/mol. The first kappa shape index (κ1) is 16.0. The summed E-state index contributed by atoms with van der Waals surface area (Å²) in [6.07, 6.45) is 1.49. The quantitative estimate of drug-likeness (QED) is 0.819. The van der Waals surface area contributed by atoms with Crippen LogP contribution in [0.3, 0.4) is 0 Å². The maximum absolute atomic E-state index is 12.3. The maximum Gasteiger partial charge on any atom is 0.242 e. The molecule has 0 radical (unpaired) electrons. The summed E-state index contributed by atoms with van der Waals surface area (Å²) in [6, 6.07) is 8.38. The largest absolute Gasteiger partial charge is 0.468 e. The fraction of sp³-hybridized carbons (Fsp3) is 0.286. The van der Waals surface area contributed by atoms with Crippen LogP contribution in [0.2, 0.25) is 5.02 Å². The summed E-state index contributed by atoms with van der Waals surface area (Å²) in [4.78, 5) is 0.0751. The molecule has 1 aromatic carbocycles. The van der Waals surface area contributed by atoms with Gasteiger partial charge in [0.05, 0.1) is 17.8 Å². The highest BCUT2D eigenvalue weighted by Gasteiger charge is 2.18. The monoisotopic (exact) mass is 328 g/mol. The Bertz CT molecular complexity index is 684. The zero-order chi connectivity index (χ0) is 15.3. The minimum absolute atomic E-state index is 0.0751. The number of sulfonamides is 1. The van der Waals surface area contributed by atoms with E-state index in [4.69, 9.17) is 16.0 Å². The summed E-state index contributed by atoms with van der Waals surface area (Å²) >= 11 is 6.01. The molecule has 0 unspecified atom stereocenters. The Morgan fingerprint density at radius 2 is 2.05 bits per heavy atom. The van der Waals surface area contributed by atoms with Gasteiger partial charge in [-0.1, -0.05) is 24.6 Å². The van der Waals surface area contributed by atoms with E-state index in [1.165, 1.54) is 6.26 Å². The minimum atomic E-state index is -3.68. The van der Waals surface area contributed by atoms with E-state index in [0.29, 0.717) is 12.3 Å². The van der Waals surface area contributed by atoms with Crippen molar-refractivity contribution in [3.05, 3.63) is 52.9 Å². The fourth-order valence-corrected chi connectivity index (χ4v) is 3.33. The highest BCUT2D eigenvalue weighted by Crippen LogP contribution is 2.23. The molecule has 0 saturated heterocycles. The summed E-state index contributed by atoms with van der Waals surface area (Å²) in [7, 11) is -3.68. The third kappa shape index (κ3) is 4.31. The fourth-order valence-electron chi connectivity index (χ4n) is 1.79. The molecule has 0 atom stereocenters. The van der Waals surface area contributed by atoms with Gasteiger partial charge in [0.2, 0.25) is 10.0 Å². The van der Waals surface area contributed by atoms with Gasteiger partial charge in [-0.3, -0.25) is 0 Å². The maximum atomic E-state index is 12.3. The van der Waals surface area contributed by atoms with E-state index < -0.39 is 10.0 Å². The average Bonchev–Trinajstić information content (AvgIpc) is 2.97. The van der Waals surface area contributed by atoms with Crippen molar-refractivity contribution in [2.24, 2.45) is 0 Å². The molecule has 21 heavy (non-hydrogen) atoms. The lowest BCUT2D eigenvalue weighted by Crippen LogP contribution is -2.23. The molecule has 1 heterocycles. The molecule has 1 aromatic heterocycles. The van der Waals surface area contributed by atoms with Crippen LogP contribution in [0.1, 0.15) is 18.2 Å². The lowest BCUT2D eigenvalue weighted by molar-refractivity contribution is 0.498. The van der Waals surface area contributed by atoms with Gasteiger partial charge in [0.25, 0.3) is 0 Å². The molecular formula is C14H17ClN2O3S. The molecule has 7 heteroatoms. The predicted octanol–water partition coefficient (Wildman–Crippen LogP) is 2.52. The molecule has 5 nitrogen and oxygen atoms in total. The number of halogens is 1. The third-order valence-electron chi connectivity index (χ3n) is 2.88. The van der Waals surface area contributed by atoms with Crippen LogP contribution in [-0.4, -0.2) is 15.0 Å². The molecule has 0 aliphatic rings. The van der Waals surface area contributed by atoms with Gasteiger partial charge in [0.1, 0.15) is 10.7 Å².